The Labute approximate surface area is 145 Å². The summed E-state index contributed by atoms with van der Waals surface area (Å²) in [6.07, 6.45) is 4.09. The maximum atomic E-state index is 12.2. The summed E-state index contributed by atoms with van der Waals surface area (Å²) in [5.74, 6) is 0.186. The summed E-state index contributed by atoms with van der Waals surface area (Å²) < 4.78 is 0. The molecule has 1 unspecified atom stereocenters. The highest BCUT2D eigenvalue weighted by atomic mass is 35.5. The number of benzene rings is 1. The molecule has 0 bridgehead atoms. The van der Waals surface area contributed by atoms with Gasteiger partial charge in [-0.05, 0) is 56.5 Å². The second-order valence-corrected chi connectivity index (χ2v) is 5.48. The minimum Gasteiger partial charge on any atom is -0.399 e. The molecule has 1 heterocycles. The minimum atomic E-state index is 0. The first-order valence-corrected chi connectivity index (χ1v) is 7.57. The van der Waals surface area contributed by atoms with Crippen molar-refractivity contribution in [1.29, 1.82) is 0 Å². The molecular weight excluding hydrogens is 321 g/mol. The molecule has 1 saturated heterocycles. The molecule has 3 N–H and O–H groups in total. The van der Waals surface area contributed by atoms with Crippen molar-refractivity contribution in [1.82, 2.24) is 10.2 Å². The fourth-order valence-corrected chi connectivity index (χ4v) is 2.81. The Balaban J connectivity index is 0.00000220. The van der Waals surface area contributed by atoms with Gasteiger partial charge < -0.3 is 11.1 Å². The van der Waals surface area contributed by atoms with Crippen LogP contribution in [0, 0.1) is 0 Å². The van der Waals surface area contributed by atoms with E-state index in [4.69, 9.17) is 5.73 Å². The summed E-state index contributed by atoms with van der Waals surface area (Å²) in [5.41, 5.74) is 7.64. The fourth-order valence-electron chi connectivity index (χ4n) is 2.81. The van der Waals surface area contributed by atoms with Gasteiger partial charge in [0.2, 0.25) is 5.91 Å². The molecule has 22 heavy (non-hydrogen) atoms. The highest BCUT2D eigenvalue weighted by molar-refractivity contribution is 5.85. The van der Waals surface area contributed by atoms with E-state index in [9.17, 15) is 4.79 Å². The van der Waals surface area contributed by atoms with Gasteiger partial charge in [-0.3, -0.25) is 9.69 Å². The van der Waals surface area contributed by atoms with Crippen LogP contribution in [-0.2, 0) is 11.2 Å². The smallest absolute Gasteiger partial charge is 0.237 e. The van der Waals surface area contributed by atoms with E-state index >= 15 is 0 Å². The van der Waals surface area contributed by atoms with Crippen molar-refractivity contribution in [2.75, 3.05) is 25.4 Å². The van der Waals surface area contributed by atoms with Gasteiger partial charge >= 0.3 is 0 Å². The van der Waals surface area contributed by atoms with Crippen molar-refractivity contribution in [3.8, 4) is 0 Å². The third-order valence-corrected chi connectivity index (χ3v) is 3.87. The number of hydrogen-bond donors (Lipinski definition) is 2. The third-order valence-electron chi connectivity index (χ3n) is 3.87. The number of nitrogen functional groups attached to an aromatic ring is 1. The van der Waals surface area contributed by atoms with Crippen molar-refractivity contribution in [3.05, 3.63) is 29.8 Å². The summed E-state index contributed by atoms with van der Waals surface area (Å²) in [6, 6.07) is 7.91. The first-order chi connectivity index (χ1) is 9.70. The van der Waals surface area contributed by atoms with Crippen LogP contribution >= 0.6 is 24.8 Å². The molecule has 1 fully saturated rings. The van der Waals surface area contributed by atoms with Crippen molar-refractivity contribution in [3.63, 3.8) is 0 Å². The van der Waals surface area contributed by atoms with Gasteiger partial charge in [-0.1, -0.05) is 19.1 Å². The van der Waals surface area contributed by atoms with Crippen LogP contribution in [0.25, 0.3) is 0 Å². The first-order valence-electron chi connectivity index (χ1n) is 7.57. The number of likely N-dealkylation sites (tertiary alicyclic amines) is 1. The fraction of sp³-hybridized carbons (Fsp3) is 0.562. The summed E-state index contributed by atoms with van der Waals surface area (Å²) in [4.78, 5) is 14.5. The Kier molecular flexibility index (Phi) is 10.2. The van der Waals surface area contributed by atoms with E-state index < -0.39 is 0 Å². The molecule has 1 aliphatic heterocycles. The molecule has 126 valence electrons. The standard InChI is InChI=1S/C16H25N3O.2ClH/c1-2-11-19-12-3-4-15(19)16(20)18-10-9-13-5-7-14(17)8-6-13;;/h5-8,15H,2-4,9-12,17H2,1H3,(H,18,20);2*1H. The zero-order valence-corrected chi connectivity index (χ0v) is 14.7. The Morgan fingerprint density at radius 2 is 2.00 bits per heavy atom. The molecule has 6 heteroatoms. The summed E-state index contributed by atoms with van der Waals surface area (Å²) in [7, 11) is 0. The molecule has 1 atom stereocenters. The SMILES string of the molecule is CCCN1CCCC1C(=O)NCCc1ccc(N)cc1.Cl.Cl. The van der Waals surface area contributed by atoms with Crippen molar-refractivity contribution >= 4 is 36.4 Å². The maximum absolute atomic E-state index is 12.2. The second kappa shape index (κ2) is 10.7. The monoisotopic (exact) mass is 347 g/mol. The number of nitrogens with one attached hydrogen (secondary N) is 1. The Hall–Kier alpha value is -0.970. The molecule has 0 spiro atoms. The highest BCUT2D eigenvalue weighted by Crippen LogP contribution is 2.17. The Bertz CT molecular complexity index is 440. The van der Waals surface area contributed by atoms with Crippen LogP contribution in [0.15, 0.2) is 24.3 Å². The van der Waals surface area contributed by atoms with Gasteiger partial charge in [0.25, 0.3) is 0 Å². The average molecular weight is 348 g/mol. The lowest BCUT2D eigenvalue weighted by molar-refractivity contribution is -0.125. The van der Waals surface area contributed by atoms with Crippen molar-refractivity contribution < 1.29 is 4.79 Å². The van der Waals surface area contributed by atoms with E-state index in [0.29, 0.717) is 6.54 Å². The van der Waals surface area contributed by atoms with E-state index in [1.165, 1.54) is 5.56 Å². The predicted molar refractivity (Wildman–Crippen MR) is 97.0 cm³/mol. The molecule has 0 radical (unpaired) electrons. The third kappa shape index (κ3) is 6.03. The largest absolute Gasteiger partial charge is 0.399 e. The molecule has 0 saturated carbocycles. The summed E-state index contributed by atoms with van der Waals surface area (Å²) in [6.45, 7) is 4.94. The molecule has 1 amide bonds. The lowest BCUT2D eigenvalue weighted by Gasteiger charge is -2.22. The molecule has 1 aromatic rings. The maximum Gasteiger partial charge on any atom is 0.237 e. The number of nitrogens with two attached hydrogens (primary N) is 1. The van der Waals surface area contributed by atoms with Crippen LogP contribution in [0.4, 0.5) is 5.69 Å². The zero-order valence-electron chi connectivity index (χ0n) is 13.1. The van der Waals surface area contributed by atoms with Crippen molar-refractivity contribution in [2.24, 2.45) is 0 Å². The van der Waals surface area contributed by atoms with Gasteiger partial charge in [0.05, 0.1) is 6.04 Å². The topological polar surface area (TPSA) is 58.4 Å². The Morgan fingerprint density at radius 1 is 1.32 bits per heavy atom. The van der Waals surface area contributed by atoms with Gasteiger partial charge in [-0.2, -0.15) is 0 Å². The number of rotatable bonds is 6. The molecule has 0 aliphatic carbocycles. The number of hydrogen-bond acceptors (Lipinski definition) is 3. The summed E-state index contributed by atoms with van der Waals surface area (Å²) >= 11 is 0. The van der Waals surface area contributed by atoms with E-state index in [1.54, 1.807) is 0 Å². The van der Waals surface area contributed by atoms with Crippen LogP contribution < -0.4 is 11.1 Å². The van der Waals surface area contributed by atoms with Gasteiger partial charge in [-0.15, -0.1) is 24.8 Å². The van der Waals surface area contributed by atoms with Gasteiger partial charge in [0.15, 0.2) is 0 Å². The number of anilines is 1. The van der Waals surface area contributed by atoms with E-state index in [1.807, 2.05) is 24.3 Å². The summed E-state index contributed by atoms with van der Waals surface area (Å²) in [5, 5.41) is 3.06. The predicted octanol–water partition coefficient (Wildman–Crippen LogP) is 2.65. The molecule has 1 aromatic carbocycles. The van der Waals surface area contributed by atoms with Gasteiger partial charge in [0.1, 0.15) is 0 Å². The highest BCUT2D eigenvalue weighted by Gasteiger charge is 2.29. The molecule has 2 rings (SSSR count). The Morgan fingerprint density at radius 3 is 2.64 bits per heavy atom. The number of carbonyl (C=O) groups is 1. The quantitative estimate of drug-likeness (QED) is 0.777. The molecule has 4 nitrogen and oxygen atoms in total. The van der Waals surface area contributed by atoms with Gasteiger partial charge in [0, 0.05) is 12.2 Å². The lowest BCUT2D eigenvalue weighted by atomic mass is 10.1. The van der Waals surface area contributed by atoms with Crippen molar-refractivity contribution in [2.45, 2.75) is 38.6 Å². The lowest BCUT2D eigenvalue weighted by Crippen LogP contribution is -2.44. The van der Waals surface area contributed by atoms with E-state index in [-0.39, 0.29) is 36.8 Å². The van der Waals surface area contributed by atoms with Gasteiger partial charge in [-0.25, -0.2) is 0 Å². The van der Waals surface area contributed by atoms with Crippen LogP contribution in [0.2, 0.25) is 0 Å². The van der Waals surface area contributed by atoms with Crippen LogP contribution in [-0.4, -0.2) is 36.5 Å². The van der Waals surface area contributed by atoms with E-state index in [0.717, 1.165) is 44.5 Å². The first kappa shape index (κ1) is 21.0. The van der Waals surface area contributed by atoms with Crippen LogP contribution in [0.3, 0.4) is 0 Å². The number of carbonyl (C=O) groups excluding carboxylic acids is 1. The van der Waals surface area contributed by atoms with Crippen LogP contribution in [0.1, 0.15) is 31.7 Å². The number of amides is 1. The molecular formula is C16H27Cl2N3O. The minimum absolute atomic E-state index is 0. The second-order valence-electron chi connectivity index (χ2n) is 5.48. The zero-order chi connectivity index (χ0) is 14.4. The number of halogens is 2. The van der Waals surface area contributed by atoms with E-state index in [2.05, 4.69) is 17.1 Å². The molecule has 1 aliphatic rings. The average Bonchev–Trinajstić information content (AvgIpc) is 2.90. The molecule has 0 aromatic heterocycles. The number of nitrogens with zero attached hydrogens (tertiary/aromatic N) is 1. The normalized spacial score (nSPS) is 17.4. The van der Waals surface area contributed by atoms with Crippen LogP contribution in [0.5, 0.6) is 0 Å².